The van der Waals surface area contributed by atoms with Gasteiger partial charge in [-0.05, 0) is 30.2 Å². The van der Waals surface area contributed by atoms with Crippen LogP contribution in [0.4, 0.5) is 0 Å². The Hall–Kier alpha value is -2.53. The van der Waals surface area contributed by atoms with E-state index in [-0.39, 0.29) is 5.91 Å². The van der Waals surface area contributed by atoms with Crippen LogP contribution < -0.4 is 11.2 Å². The Kier molecular flexibility index (Phi) is 3.26. The van der Waals surface area contributed by atoms with E-state index in [0.29, 0.717) is 6.42 Å². The van der Waals surface area contributed by atoms with E-state index in [0.717, 1.165) is 16.5 Å². The number of nitrogens with two attached hydrogens (primary N) is 1. The highest BCUT2D eigenvalue weighted by molar-refractivity contribution is 5.90. The third-order valence-corrected chi connectivity index (χ3v) is 3.30. The van der Waals surface area contributed by atoms with E-state index in [2.05, 4.69) is 10.4 Å². The minimum absolute atomic E-state index is 0.202. The first-order chi connectivity index (χ1) is 9.74. The quantitative estimate of drug-likeness (QED) is 0.672. The van der Waals surface area contributed by atoms with E-state index in [1.165, 1.54) is 0 Å². The first kappa shape index (κ1) is 12.5. The molecule has 3 aromatic rings. The summed E-state index contributed by atoms with van der Waals surface area (Å²) in [6.45, 7) is 0. The average molecular weight is 268 g/mol. The number of para-hydroxylation sites is 1. The molecule has 0 fully saturated rings. The Morgan fingerprint density at radius 1 is 1.25 bits per heavy atom. The van der Waals surface area contributed by atoms with Crippen molar-refractivity contribution in [2.75, 3.05) is 5.43 Å². The van der Waals surface area contributed by atoms with Gasteiger partial charge in [0.2, 0.25) is 0 Å². The van der Waals surface area contributed by atoms with E-state index >= 15 is 0 Å². The van der Waals surface area contributed by atoms with E-state index < -0.39 is 6.04 Å². The van der Waals surface area contributed by atoms with Gasteiger partial charge in [-0.15, -0.1) is 0 Å². The summed E-state index contributed by atoms with van der Waals surface area (Å²) in [6.07, 6.45) is 5.93. The molecule has 0 aliphatic heterocycles. The number of H-pyrrole nitrogens is 1. The third kappa shape index (κ3) is 2.44. The van der Waals surface area contributed by atoms with Crippen molar-refractivity contribution >= 4 is 16.8 Å². The number of aromatic amines is 1. The zero-order valence-electron chi connectivity index (χ0n) is 10.9. The Morgan fingerprint density at radius 2 is 2.00 bits per heavy atom. The maximum atomic E-state index is 12.0. The third-order valence-electron chi connectivity index (χ3n) is 3.30. The molecular weight excluding hydrogens is 252 g/mol. The largest absolute Gasteiger partial charge is 0.361 e. The second-order valence-corrected chi connectivity index (χ2v) is 4.74. The first-order valence-electron chi connectivity index (χ1n) is 6.48. The number of amides is 1. The van der Waals surface area contributed by atoms with Crippen molar-refractivity contribution < 1.29 is 4.79 Å². The lowest BCUT2D eigenvalue weighted by molar-refractivity contribution is -0.118. The van der Waals surface area contributed by atoms with Crippen LogP contribution in [0.1, 0.15) is 5.56 Å². The standard InChI is InChI=1S/C15H16N4O/c16-13(15(20)18-19-7-3-4-8-19)9-11-10-17-14-6-2-1-5-12(11)14/h1-8,10,13,17H,9,16H2,(H,18,20)/t13-/m0/s1. The molecule has 0 bridgehead atoms. The molecule has 1 atom stereocenters. The Bertz CT molecular complexity index is 714. The SMILES string of the molecule is N[C@@H](Cc1c[nH]c2ccccc12)C(=O)Nn1cccc1. The van der Waals surface area contributed by atoms with Crippen LogP contribution in [0.5, 0.6) is 0 Å². The Labute approximate surface area is 116 Å². The van der Waals surface area contributed by atoms with Crippen LogP contribution in [0.25, 0.3) is 10.9 Å². The number of carbonyl (C=O) groups excluding carboxylic acids is 1. The molecule has 5 heteroatoms. The zero-order valence-corrected chi connectivity index (χ0v) is 10.9. The number of benzene rings is 1. The van der Waals surface area contributed by atoms with Crippen molar-refractivity contribution in [2.45, 2.75) is 12.5 Å². The normalized spacial score (nSPS) is 12.4. The van der Waals surface area contributed by atoms with Crippen molar-refractivity contribution in [1.29, 1.82) is 0 Å². The lowest BCUT2D eigenvalue weighted by Gasteiger charge is -2.12. The highest BCUT2D eigenvalue weighted by Gasteiger charge is 2.16. The fourth-order valence-corrected chi connectivity index (χ4v) is 2.25. The van der Waals surface area contributed by atoms with Gasteiger partial charge in [-0.2, -0.15) is 0 Å². The molecule has 2 heterocycles. The molecule has 1 aromatic carbocycles. The van der Waals surface area contributed by atoms with Gasteiger partial charge in [-0.25, -0.2) is 0 Å². The lowest BCUT2D eigenvalue weighted by atomic mass is 10.1. The van der Waals surface area contributed by atoms with Gasteiger partial charge in [0.05, 0.1) is 6.04 Å². The molecule has 102 valence electrons. The van der Waals surface area contributed by atoms with Gasteiger partial charge in [0.1, 0.15) is 0 Å². The highest BCUT2D eigenvalue weighted by atomic mass is 16.2. The molecule has 0 unspecified atom stereocenters. The van der Waals surface area contributed by atoms with Gasteiger partial charge < -0.3 is 10.7 Å². The van der Waals surface area contributed by atoms with Gasteiger partial charge in [-0.1, -0.05) is 18.2 Å². The summed E-state index contributed by atoms with van der Waals surface area (Å²) >= 11 is 0. The number of nitrogens with zero attached hydrogens (tertiary/aromatic N) is 1. The topological polar surface area (TPSA) is 75.8 Å². The maximum Gasteiger partial charge on any atom is 0.256 e. The molecule has 0 spiro atoms. The van der Waals surface area contributed by atoms with E-state index in [1.54, 1.807) is 17.1 Å². The van der Waals surface area contributed by atoms with Gasteiger partial charge >= 0.3 is 0 Å². The van der Waals surface area contributed by atoms with Crippen LogP contribution in [0, 0.1) is 0 Å². The van der Waals surface area contributed by atoms with Crippen LogP contribution in [0.15, 0.2) is 55.0 Å². The number of rotatable bonds is 4. The van der Waals surface area contributed by atoms with Crippen LogP contribution in [0.3, 0.4) is 0 Å². The number of hydrogen-bond acceptors (Lipinski definition) is 2. The molecule has 1 amide bonds. The average Bonchev–Trinajstić information content (AvgIpc) is 3.09. The molecule has 2 aromatic heterocycles. The summed E-state index contributed by atoms with van der Waals surface area (Å²) in [5.41, 5.74) is 10.8. The predicted octanol–water partition coefficient (Wildman–Crippen LogP) is 1.61. The second-order valence-electron chi connectivity index (χ2n) is 4.74. The fraction of sp³-hybridized carbons (Fsp3) is 0.133. The number of aromatic nitrogens is 2. The minimum atomic E-state index is -0.586. The molecule has 3 rings (SSSR count). The monoisotopic (exact) mass is 268 g/mol. The second kappa shape index (κ2) is 5.22. The molecule has 0 aliphatic carbocycles. The summed E-state index contributed by atoms with van der Waals surface area (Å²) in [4.78, 5) is 15.2. The van der Waals surface area contributed by atoms with Crippen molar-refractivity contribution in [2.24, 2.45) is 5.73 Å². The smallest absolute Gasteiger partial charge is 0.256 e. The van der Waals surface area contributed by atoms with Crippen LogP contribution in [-0.4, -0.2) is 21.6 Å². The molecule has 0 aliphatic rings. The minimum Gasteiger partial charge on any atom is -0.361 e. The van der Waals surface area contributed by atoms with Gasteiger partial charge in [0, 0.05) is 29.5 Å². The molecular formula is C15H16N4O. The van der Waals surface area contributed by atoms with E-state index in [4.69, 9.17) is 5.73 Å². The maximum absolute atomic E-state index is 12.0. The number of hydrogen-bond donors (Lipinski definition) is 3. The van der Waals surface area contributed by atoms with Crippen molar-refractivity contribution in [3.63, 3.8) is 0 Å². The molecule has 0 saturated heterocycles. The van der Waals surface area contributed by atoms with E-state index in [1.807, 2.05) is 42.6 Å². The number of nitrogens with one attached hydrogen (secondary N) is 2. The fourth-order valence-electron chi connectivity index (χ4n) is 2.25. The Morgan fingerprint density at radius 3 is 2.80 bits per heavy atom. The van der Waals surface area contributed by atoms with Gasteiger partial charge in [0.15, 0.2) is 0 Å². The summed E-state index contributed by atoms with van der Waals surface area (Å²) < 4.78 is 1.59. The number of carbonyl (C=O) groups is 1. The summed E-state index contributed by atoms with van der Waals surface area (Å²) in [6, 6.07) is 11.1. The summed E-state index contributed by atoms with van der Waals surface area (Å²) in [5, 5.41) is 1.11. The van der Waals surface area contributed by atoms with Crippen molar-refractivity contribution in [3.05, 3.63) is 60.6 Å². The summed E-state index contributed by atoms with van der Waals surface area (Å²) in [7, 11) is 0. The highest BCUT2D eigenvalue weighted by Crippen LogP contribution is 2.18. The molecule has 4 N–H and O–H groups in total. The van der Waals surface area contributed by atoms with Gasteiger partial charge in [-0.3, -0.25) is 14.9 Å². The van der Waals surface area contributed by atoms with Crippen LogP contribution >= 0.6 is 0 Å². The number of fused-ring (bicyclic) bond motifs is 1. The van der Waals surface area contributed by atoms with Crippen molar-refractivity contribution in [1.82, 2.24) is 9.66 Å². The first-order valence-corrected chi connectivity index (χ1v) is 6.48. The van der Waals surface area contributed by atoms with Crippen LogP contribution in [-0.2, 0) is 11.2 Å². The zero-order chi connectivity index (χ0) is 13.9. The molecule has 0 radical (unpaired) electrons. The molecule has 5 nitrogen and oxygen atoms in total. The summed E-state index contributed by atoms with van der Waals surface area (Å²) in [5.74, 6) is -0.202. The lowest BCUT2D eigenvalue weighted by Crippen LogP contribution is -2.40. The Balaban J connectivity index is 1.72. The van der Waals surface area contributed by atoms with Gasteiger partial charge in [0.25, 0.3) is 5.91 Å². The predicted molar refractivity (Wildman–Crippen MR) is 78.8 cm³/mol. The molecule has 0 saturated carbocycles. The van der Waals surface area contributed by atoms with Crippen LogP contribution in [0.2, 0.25) is 0 Å². The molecule has 20 heavy (non-hydrogen) atoms. The van der Waals surface area contributed by atoms with Crippen molar-refractivity contribution in [3.8, 4) is 0 Å². The van der Waals surface area contributed by atoms with E-state index in [9.17, 15) is 4.79 Å².